The molecule has 0 aromatic heterocycles. The molecule has 4 aromatic rings. The molecule has 2 aliphatic carbocycles. The lowest BCUT2D eigenvalue weighted by Crippen LogP contribution is -2.27. The van der Waals surface area contributed by atoms with Crippen molar-refractivity contribution < 1.29 is 53.3 Å². The van der Waals surface area contributed by atoms with Crippen molar-refractivity contribution in [2.45, 2.75) is 11.8 Å². The highest BCUT2D eigenvalue weighted by Crippen LogP contribution is 2.30. The number of ketones is 2. The van der Waals surface area contributed by atoms with Crippen LogP contribution in [0.2, 0.25) is 0 Å². The molecule has 0 bridgehead atoms. The number of benzene rings is 4. The minimum Gasteiger partial charge on any atom is -0.308 e. The van der Waals surface area contributed by atoms with Gasteiger partial charge in [0, 0.05) is 22.5 Å². The molecule has 2 aliphatic rings. The number of nitrogens with one attached hydrogen (secondary N) is 4. The van der Waals surface area contributed by atoms with E-state index in [1.54, 1.807) is 30.3 Å². The molecule has 0 aliphatic heterocycles. The van der Waals surface area contributed by atoms with Crippen LogP contribution in [-0.4, -0.2) is 67.9 Å². The van der Waals surface area contributed by atoms with E-state index in [1.165, 1.54) is 55.5 Å². The van der Waals surface area contributed by atoms with Crippen molar-refractivity contribution in [1.29, 1.82) is 0 Å². The number of hydrogen-bond donors (Lipinski definition) is 7. The average Bonchev–Trinajstić information content (AvgIpc) is 3.10. The summed E-state index contributed by atoms with van der Waals surface area (Å²) in [4.78, 5) is 37.5. The summed E-state index contributed by atoms with van der Waals surface area (Å²) in [5, 5.41) is 12.7. The molecule has 55 heavy (non-hydrogen) atoms. The number of hydrogen-bond acceptors (Lipinski definition) is 13. The number of urea groups is 1. The SMILES string of the molecule is Cc1ccc(N/N=C2/C(=O)c3ccc(NC(=O)Nc4ccc5c(c4)C=C(S(=O)(=O)O)/C(=N/Nc4ccccc4)C5=O)cc3C=C2S(=O)(=O)O)cc1S(=O)(=O)O. The van der Waals surface area contributed by atoms with Crippen LogP contribution in [0, 0.1) is 6.92 Å². The van der Waals surface area contributed by atoms with E-state index in [-0.39, 0.29) is 44.9 Å². The van der Waals surface area contributed by atoms with E-state index < -0.39 is 74.1 Å². The van der Waals surface area contributed by atoms with Gasteiger partial charge >= 0.3 is 6.03 Å². The van der Waals surface area contributed by atoms with Crippen molar-refractivity contribution in [3.8, 4) is 0 Å². The number of rotatable bonds is 9. The topological polar surface area (TPSA) is 287 Å². The Bertz CT molecular complexity index is 2800. The number of amides is 2. The van der Waals surface area contributed by atoms with Gasteiger partial charge in [0.05, 0.1) is 16.3 Å². The molecular weight excluding hydrogens is 781 g/mol. The molecule has 6 rings (SSSR count). The molecule has 4 aromatic carbocycles. The monoisotopic (exact) mass is 806 g/mol. The largest absolute Gasteiger partial charge is 0.323 e. The highest BCUT2D eigenvalue weighted by molar-refractivity contribution is 7.91. The molecule has 0 heterocycles. The van der Waals surface area contributed by atoms with Crippen LogP contribution >= 0.6 is 0 Å². The van der Waals surface area contributed by atoms with Crippen LogP contribution in [0.3, 0.4) is 0 Å². The zero-order valence-corrected chi connectivity index (χ0v) is 30.3. The van der Waals surface area contributed by atoms with Crippen LogP contribution in [0.4, 0.5) is 27.5 Å². The third-order valence-electron chi connectivity index (χ3n) is 7.97. The Hall–Kier alpha value is -6.36. The van der Waals surface area contributed by atoms with Gasteiger partial charge in [-0.05, 0) is 96.4 Å². The molecule has 0 unspecified atom stereocenters. The lowest BCUT2D eigenvalue weighted by Gasteiger charge is -2.18. The lowest BCUT2D eigenvalue weighted by atomic mass is 9.94. The third-order valence-corrected chi connectivity index (χ3v) is 10.7. The van der Waals surface area contributed by atoms with Crippen LogP contribution in [-0.2, 0) is 30.4 Å². The second-order valence-corrected chi connectivity index (χ2v) is 15.9. The number of fused-ring (bicyclic) bond motifs is 2. The summed E-state index contributed by atoms with van der Waals surface area (Å²) in [5.41, 5.74) is 4.32. The first-order valence-electron chi connectivity index (χ1n) is 15.4. The fourth-order valence-corrected chi connectivity index (χ4v) is 7.50. The summed E-state index contributed by atoms with van der Waals surface area (Å²) < 4.78 is 102. The van der Waals surface area contributed by atoms with E-state index in [9.17, 15) is 53.3 Å². The van der Waals surface area contributed by atoms with Crippen molar-refractivity contribution in [1.82, 2.24) is 0 Å². The second kappa shape index (κ2) is 14.5. The predicted octanol–water partition coefficient (Wildman–Crippen LogP) is 4.67. The molecule has 0 fully saturated rings. The molecule has 7 N–H and O–H groups in total. The predicted molar refractivity (Wildman–Crippen MR) is 203 cm³/mol. The summed E-state index contributed by atoms with van der Waals surface area (Å²) in [6, 6.07) is 18.9. The van der Waals surface area contributed by atoms with Gasteiger partial charge in [-0.15, -0.1) is 0 Å². The Morgan fingerprint density at radius 3 is 1.47 bits per heavy atom. The van der Waals surface area contributed by atoms with E-state index in [1.807, 2.05) is 0 Å². The zero-order chi connectivity index (χ0) is 39.9. The molecule has 282 valence electrons. The highest BCUT2D eigenvalue weighted by Gasteiger charge is 2.34. The summed E-state index contributed by atoms with van der Waals surface area (Å²) in [6.07, 6.45) is 1.95. The number of allylic oxidation sites excluding steroid dienone is 2. The van der Waals surface area contributed by atoms with Gasteiger partial charge in [-0.2, -0.15) is 35.5 Å². The standard InChI is InChI=1S/C34H26N6O12S3/c1-18-7-8-24(17-27(18)53(44,45)46)38-40-31-29(55(50,51)52)16-20-14-23(10-12-26(20)33(31)42)36-34(43)35-22-9-11-25-19(13-22)15-28(54(47,48)49)30(32(25)41)39-37-21-5-3-2-4-6-21/h2-17,37-38H,1H3,(H2,35,36,43)(H,44,45,46)(H,47,48,49)(H,50,51,52)/b39-30-,40-31+. The Morgan fingerprint density at radius 1 is 0.564 bits per heavy atom. The van der Waals surface area contributed by atoms with E-state index in [0.29, 0.717) is 5.69 Å². The summed E-state index contributed by atoms with van der Waals surface area (Å²) in [6.45, 7) is 1.42. The average molecular weight is 807 g/mol. The van der Waals surface area contributed by atoms with E-state index in [2.05, 4.69) is 31.7 Å². The van der Waals surface area contributed by atoms with E-state index in [4.69, 9.17) is 0 Å². The van der Waals surface area contributed by atoms with Crippen LogP contribution in [0.1, 0.15) is 37.4 Å². The molecule has 0 atom stereocenters. The fourth-order valence-electron chi connectivity index (χ4n) is 5.43. The van der Waals surface area contributed by atoms with Crippen molar-refractivity contribution in [3.05, 3.63) is 123 Å². The molecule has 0 saturated heterocycles. The molecule has 0 spiro atoms. The van der Waals surface area contributed by atoms with Crippen molar-refractivity contribution in [2.24, 2.45) is 10.2 Å². The Morgan fingerprint density at radius 2 is 1.02 bits per heavy atom. The Kier molecular flexibility index (Phi) is 10.1. The summed E-state index contributed by atoms with van der Waals surface area (Å²) >= 11 is 0. The summed E-state index contributed by atoms with van der Waals surface area (Å²) in [7, 11) is -14.6. The smallest absolute Gasteiger partial charge is 0.308 e. The number of anilines is 4. The van der Waals surface area contributed by atoms with Gasteiger partial charge < -0.3 is 10.6 Å². The number of aryl methyl sites for hydroxylation is 1. The molecule has 18 nitrogen and oxygen atoms in total. The molecular formula is C34H26N6O12S3. The van der Waals surface area contributed by atoms with Gasteiger partial charge in [0.1, 0.15) is 9.81 Å². The third kappa shape index (κ3) is 8.41. The van der Waals surface area contributed by atoms with Crippen molar-refractivity contribution in [2.75, 3.05) is 21.5 Å². The quantitative estimate of drug-likeness (QED) is 0.0894. The Labute approximate surface area is 312 Å². The van der Waals surface area contributed by atoms with Gasteiger partial charge in [0.2, 0.25) is 11.6 Å². The normalized spacial score (nSPS) is 15.8. The number of carbonyl (C=O) groups excluding carboxylic acids is 3. The Balaban J connectivity index is 1.22. The van der Waals surface area contributed by atoms with Crippen molar-refractivity contribution >= 4 is 94.3 Å². The van der Waals surface area contributed by atoms with Gasteiger partial charge in [0.25, 0.3) is 30.4 Å². The maximum absolute atomic E-state index is 13.4. The van der Waals surface area contributed by atoms with Gasteiger partial charge in [-0.25, -0.2) is 4.79 Å². The number of hydrazone groups is 2. The lowest BCUT2D eigenvalue weighted by molar-refractivity contribution is 0.105. The zero-order valence-electron chi connectivity index (χ0n) is 27.9. The summed E-state index contributed by atoms with van der Waals surface area (Å²) in [5.74, 6) is -1.78. The van der Waals surface area contributed by atoms with Gasteiger partial charge in [-0.1, -0.05) is 24.3 Å². The number of nitrogens with zero attached hydrogens (tertiary/aromatic N) is 2. The van der Waals surface area contributed by atoms with E-state index in [0.717, 1.165) is 18.2 Å². The maximum atomic E-state index is 13.4. The van der Waals surface area contributed by atoms with Crippen molar-refractivity contribution in [3.63, 3.8) is 0 Å². The highest BCUT2D eigenvalue weighted by atomic mass is 32.2. The maximum Gasteiger partial charge on any atom is 0.323 e. The minimum absolute atomic E-state index is 0.0209. The first-order chi connectivity index (χ1) is 25.8. The van der Waals surface area contributed by atoms with E-state index >= 15 is 0 Å². The van der Waals surface area contributed by atoms with Gasteiger partial charge in [0.15, 0.2) is 11.4 Å². The molecule has 0 saturated carbocycles. The van der Waals surface area contributed by atoms with Crippen LogP contribution < -0.4 is 21.5 Å². The second-order valence-electron chi connectivity index (χ2n) is 11.8. The minimum atomic E-state index is -5.07. The molecule has 0 radical (unpaired) electrons. The number of carbonyl (C=O) groups is 3. The first-order valence-corrected chi connectivity index (χ1v) is 19.8. The fraction of sp³-hybridized carbons (Fsp3) is 0.0294. The van der Waals surface area contributed by atoms with Crippen LogP contribution in [0.15, 0.2) is 110 Å². The number of Topliss-reactive ketones (excluding diaryl/α,β-unsaturated/α-hetero) is 2. The molecule has 2 amide bonds. The van der Waals surface area contributed by atoms with Gasteiger partial charge in [-0.3, -0.25) is 34.1 Å². The van der Waals surface area contributed by atoms with Crippen LogP contribution in [0.25, 0.3) is 12.2 Å². The van der Waals surface area contributed by atoms with Crippen LogP contribution in [0.5, 0.6) is 0 Å². The number of para-hydroxylation sites is 1. The molecule has 21 heteroatoms. The first kappa shape index (κ1) is 38.4.